The highest BCUT2D eigenvalue weighted by atomic mass is 79.9. The molecule has 3 aromatic rings. The van der Waals surface area contributed by atoms with Crippen molar-refractivity contribution in [1.82, 2.24) is 19.9 Å². The molecule has 0 bridgehead atoms. The largest absolute Gasteiger partial charge is 0.341 e. The Bertz CT molecular complexity index is 966. The van der Waals surface area contributed by atoms with E-state index in [9.17, 15) is 9.18 Å². The summed E-state index contributed by atoms with van der Waals surface area (Å²) < 4.78 is 13.9. The highest BCUT2D eigenvalue weighted by Gasteiger charge is 2.27. The molecular formula is C13H6BrFN6O. The minimum atomic E-state index is -0.451. The number of hydrogen-bond acceptors (Lipinski definition) is 5. The molecule has 1 amide bonds. The van der Waals surface area contributed by atoms with Gasteiger partial charge in [0, 0.05) is 5.56 Å². The van der Waals surface area contributed by atoms with Crippen LogP contribution in [0.5, 0.6) is 0 Å². The maximum Gasteiger partial charge on any atom is 0.275 e. The van der Waals surface area contributed by atoms with E-state index in [0.29, 0.717) is 27.0 Å². The molecule has 0 atom stereocenters. The maximum atomic E-state index is 13.4. The van der Waals surface area contributed by atoms with Gasteiger partial charge in [-0.3, -0.25) is 4.79 Å². The lowest BCUT2D eigenvalue weighted by atomic mass is 10.1. The zero-order valence-corrected chi connectivity index (χ0v) is 12.3. The van der Waals surface area contributed by atoms with Crippen molar-refractivity contribution in [2.24, 2.45) is 4.99 Å². The molecule has 22 heavy (non-hydrogen) atoms. The van der Waals surface area contributed by atoms with Gasteiger partial charge in [0.15, 0.2) is 5.65 Å². The number of carbonyl (C=O) groups is 1. The Morgan fingerprint density at radius 1 is 1.27 bits per heavy atom. The van der Waals surface area contributed by atoms with E-state index < -0.39 is 11.7 Å². The third kappa shape index (κ3) is 1.98. The third-order valence-electron chi connectivity index (χ3n) is 3.14. The molecule has 0 fully saturated rings. The number of halogens is 2. The van der Waals surface area contributed by atoms with Crippen molar-refractivity contribution in [3.63, 3.8) is 0 Å². The van der Waals surface area contributed by atoms with E-state index in [-0.39, 0.29) is 11.7 Å². The van der Waals surface area contributed by atoms with Gasteiger partial charge in [0.25, 0.3) is 11.9 Å². The SMILES string of the molecule is O=C1Nc2ccc(F)cc2C1=Nc1nc(Br)c2[nH]cnc2n1. The summed E-state index contributed by atoms with van der Waals surface area (Å²) in [6.07, 6.45) is 1.48. The zero-order valence-electron chi connectivity index (χ0n) is 10.8. The minimum Gasteiger partial charge on any atom is -0.341 e. The molecule has 0 radical (unpaired) electrons. The Kier molecular flexibility index (Phi) is 2.76. The lowest BCUT2D eigenvalue weighted by Crippen LogP contribution is -2.14. The second-order valence-electron chi connectivity index (χ2n) is 4.52. The van der Waals surface area contributed by atoms with Crippen LogP contribution < -0.4 is 5.32 Å². The summed E-state index contributed by atoms with van der Waals surface area (Å²) in [6, 6.07) is 4.00. The summed E-state index contributed by atoms with van der Waals surface area (Å²) in [5, 5.41) is 2.62. The van der Waals surface area contributed by atoms with Gasteiger partial charge in [-0.1, -0.05) is 0 Å². The van der Waals surface area contributed by atoms with Gasteiger partial charge in [-0.15, -0.1) is 0 Å². The standard InChI is InChI=1S/C13H6BrFN6O/c14-10-9-11(17-4-16-9)21-13(20-10)19-8-6-3-5(15)1-2-7(6)18-12(8)22/h1-4H,(H2,16,17,18,19,20,21,22). The number of nitrogens with one attached hydrogen (secondary N) is 2. The lowest BCUT2D eigenvalue weighted by molar-refractivity contribution is -0.110. The van der Waals surface area contributed by atoms with Gasteiger partial charge in [-0.05, 0) is 34.1 Å². The second kappa shape index (κ2) is 4.67. The fourth-order valence-electron chi connectivity index (χ4n) is 2.17. The van der Waals surface area contributed by atoms with E-state index in [2.05, 4.69) is 46.2 Å². The molecule has 1 aliphatic rings. The number of carbonyl (C=O) groups excluding carboxylic acids is 1. The van der Waals surface area contributed by atoms with Crippen molar-refractivity contribution < 1.29 is 9.18 Å². The van der Waals surface area contributed by atoms with Crippen LogP contribution in [0.25, 0.3) is 11.2 Å². The summed E-state index contributed by atoms with van der Waals surface area (Å²) in [7, 11) is 0. The molecule has 4 rings (SSSR count). The van der Waals surface area contributed by atoms with Gasteiger partial charge < -0.3 is 10.3 Å². The van der Waals surface area contributed by atoms with E-state index >= 15 is 0 Å². The molecule has 0 saturated carbocycles. The zero-order chi connectivity index (χ0) is 15.3. The Morgan fingerprint density at radius 2 is 2.14 bits per heavy atom. The van der Waals surface area contributed by atoms with Crippen molar-refractivity contribution in [3.05, 3.63) is 40.5 Å². The van der Waals surface area contributed by atoms with Crippen molar-refractivity contribution in [2.75, 3.05) is 5.32 Å². The predicted molar refractivity (Wildman–Crippen MR) is 80.6 cm³/mol. The first-order valence-electron chi connectivity index (χ1n) is 6.18. The molecule has 108 valence electrons. The highest BCUT2D eigenvalue weighted by Crippen LogP contribution is 2.27. The van der Waals surface area contributed by atoms with Crippen LogP contribution in [0.1, 0.15) is 5.56 Å². The van der Waals surface area contributed by atoms with Crippen LogP contribution in [0.4, 0.5) is 16.0 Å². The Balaban J connectivity index is 1.88. The normalized spacial score (nSPS) is 15.4. The number of anilines is 1. The van der Waals surface area contributed by atoms with E-state index in [1.165, 1.54) is 24.5 Å². The van der Waals surface area contributed by atoms with Crippen molar-refractivity contribution in [1.29, 1.82) is 0 Å². The highest BCUT2D eigenvalue weighted by molar-refractivity contribution is 9.10. The van der Waals surface area contributed by atoms with E-state index in [1.807, 2.05) is 0 Å². The molecule has 3 heterocycles. The topological polar surface area (TPSA) is 95.9 Å². The van der Waals surface area contributed by atoms with Crippen LogP contribution in [0, 0.1) is 5.82 Å². The number of aliphatic imine (C=N–C) groups is 1. The fourth-order valence-corrected chi connectivity index (χ4v) is 2.62. The van der Waals surface area contributed by atoms with E-state index in [4.69, 9.17) is 0 Å². The van der Waals surface area contributed by atoms with Crippen LogP contribution in [0.3, 0.4) is 0 Å². The number of aromatic amines is 1. The molecular weight excluding hydrogens is 355 g/mol. The molecule has 0 spiro atoms. The first-order valence-corrected chi connectivity index (χ1v) is 6.98. The fraction of sp³-hybridized carbons (Fsp3) is 0. The minimum absolute atomic E-state index is 0.0636. The average molecular weight is 361 g/mol. The van der Waals surface area contributed by atoms with Gasteiger partial charge in [-0.25, -0.2) is 19.4 Å². The van der Waals surface area contributed by atoms with E-state index in [1.54, 1.807) is 0 Å². The Hall–Kier alpha value is -2.68. The summed E-state index contributed by atoms with van der Waals surface area (Å²) in [5.41, 5.74) is 2.00. The van der Waals surface area contributed by atoms with Gasteiger partial charge >= 0.3 is 0 Å². The average Bonchev–Trinajstić information content (AvgIpc) is 3.05. The van der Waals surface area contributed by atoms with Gasteiger partial charge in [-0.2, -0.15) is 4.98 Å². The van der Waals surface area contributed by atoms with Gasteiger partial charge in [0.1, 0.15) is 21.6 Å². The molecule has 0 aliphatic carbocycles. The maximum absolute atomic E-state index is 13.4. The van der Waals surface area contributed by atoms with Crippen molar-refractivity contribution in [3.8, 4) is 0 Å². The van der Waals surface area contributed by atoms with Gasteiger partial charge in [0.2, 0.25) is 0 Å². The smallest absolute Gasteiger partial charge is 0.275 e. The first-order chi connectivity index (χ1) is 10.6. The summed E-state index contributed by atoms with van der Waals surface area (Å²) in [4.78, 5) is 31.3. The number of nitrogens with zero attached hydrogens (tertiary/aromatic N) is 4. The molecule has 2 aromatic heterocycles. The molecule has 9 heteroatoms. The number of amides is 1. The van der Waals surface area contributed by atoms with Crippen LogP contribution in [0.15, 0.2) is 34.1 Å². The molecule has 0 unspecified atom stereocenters. The number of aromatic nitrogens is 4. The summed E-state index contributed by atoms with van der Waals surface area (Å²) >= 11 is 3.28. The van der Waals surface area contributed by atoms with Crippen molar-refractivity contribution in [2.45, 2.75) is 0 Å². The predicted octanol–water partition coefficient (Wildman–Crippen LogP) is 2.33. The summed E-state index contributed by atoms with van der Waals surface area (Å²) in [5.74, 6) is -0.816. The molecule has 1 aliphatic heterocycles. The Labute approximate surface area is 130 Å². The van der Waals surface area contributed by atoms with Crippen LogP contribution in [-0.4, -0.2) is 31.6 Å². The van der Waals surface area contributed by atoms with E-state index in [0.717, 1.165) is 0 Å². The van der Waals surface area contributed by atoms with Gasteiger partial charge in [0.05, 0.1) is 12.0 Å². The lowest BCUT2D eigenvalue weighted by Gasteiger charge is -1.99. The monoisotopic (exact) mass is 360 g/mol. The van der Waals surface area contributed by atoms with Crippen LogP contribution >= 0.6 is 15.9 Å². The number of imidazole rings is 1. The number of H-pyrrole nitrogens is 1. The second-order valence-corrected chi connectivity index (χ2v) is 5.27. The molecule has 2 N–H and O–H groups in total. The third-order valence-corrected chi connectivity index (χ3v) is 3.72. The van der Waals surface area contributed by atoms with Crippen molar-refractivity contribution >= 4 is 50.3 Å². The first kappa shape index (κ1) is 13.0. The number of fused-ring (bicyclic) bond motifs is 2. The molecule has 0 saturated heterocycles. The Morgan fingerprint density at radius 3 is 3.00 bits per heavy atom. The quantitative estimate of drug-likeness (QED) is 0.651. The number of rotatable bonds is 1. The summed E-state index contributed by atoms with van der Waals surface area (Å²) in [6.45, 7) is 0. The molecule has 1 aromatic carbocycles. The molecule has 7 nitrogen and oxygen atoms in total. The number of benzene rings is 1. The van der Waals surface area contributed by atoms with Crippen LogP contribution in [-0.2, 0) is 4.79 Å². The van der Waals surface area contributed by atoms with Crippen LogP contribution in [0.2, 0.25) is 0 Å². The number of hydrogen-bond donors (Lipinski definition) is 2.